The van der Waals surface area contributed by atoms with E-state index in [-0.39, 0.29) is 5.97 Å². The van der Waals surface area contributed by atoms with Crippen molar-refractivity contribution in [2.45, 2.75) is 136 Å². The largest absolute Gasteiger partial charge is 0.466 e. The monoisotopic (exact) mass is 530 g/mol. The fourth-order valence-electron chi connectivity index (χ4n) is 4.09. The van der Waals surface area contributed by atoms with E-state index in [1.54, 1.807) is 0 Å². The lowest BCUT2D eigenvalue weighted by Gasteiger charge is -2.08. The maximum atomic E-state index is 11.8. The molecule has 0 aliphatic rings. The molecule has 0 atom stereocenters. The third-order valence-corrected chi connectivity index (χ3v) is 6.44. The zero-order valence-corrected chi connectivity index (χ0v) is 24.7. The van der Waals surface area contributed by atoms with Gasteiger partial charge in [0.2, 0.25) is 0 Å². The molecule has 0 saturated heterocycles. The van der Waals surface area contributed by atoms with Crippen LogP contribution in [0.1, 0.15) is 136 Å². The first-order chi connectivity index (χ1) is 18.3. The summed E-state index contributed by atoms with van der Waals surface area (Å²) in [5.41, 5.74) is 0. The summed E-state index contributed by atoms with van der Waals surface area (Å²) in [6.45, 7) is 9.87. The number of unbranched alkanes of at least 4 members (excludes halogenated alkanes) is 15. The van der Waals surface area contributed by atoms with Gasteiger partial charge in [0.25, 0.3) is 0 Å². The molecule has 6 heteroatoms. The molecule has 0 N–H and O–H groups in total. The fraction of sp³-hybridized carbons (Fsp3) is 0.968. The van der Waals surface area contributed by atoms with E-state index < -0.39 is 0 Å². The fourth-order valence-corrected chi connectivity index (χ4v) is 4.09. The van der Waals surface area contributed by atoms with Crippen LogP contribution in [0.5, 0.6) is 0 Å². The van der Waals surface area contributed by atoms with Gasteiger partial charge in [-0.3, -0.25) is 4.79 Å². The summed E-state index contributed by atoms with van der Waals surface area (Å²) < 4.78 is 27.3. The SMILES string of the molecule is CCCCCCCCCCCCCCCCOC(=O)CCCOCCOCCOCCOCCCCC. The lowest BCUT2D eigenvalue weighted by atomic mass is 10.0. The van der Waals surface area contributed by atoms with Gasteiger partial charge in [0.15, 0.2) is 0 Å². The Labute approximate surface area is 229 Å². The van der Waals surface area contributed by atoms with E-state index in [0.717, 1.165) is 25.9 Å². The lowest BCUT2D eigenvalue weighted by molar-refractivity contribution is -0.144. The van der Waals surface area contributed by atoms with E-state index in [2.05, 4.69) is 13.8 Å². The van der Waals surface area contributed by atoms with Crippen molar-refractivity contribution < 1.29 is 28.5 Å². The summed E-state index contributed by atoms with van der Waals surface area (Å²) in [7, 11) is 0. The minimum Gasteiger partial charge on any atom is -0.466 e. The molecule has 0 saturated carbocycles. The highest BCUT2D eigenvalue weighted by molar-refractivity contribution is 5.69. The Morgan fingerprint density at radius 1 is 0.378 bits per heavy atom. The van der Waals surface area contributed by atoms with Crippen LogP contribution in [0.4, 0.5) is 0 Å². The number of esters is 1. The van der Waals surface area contributed by atoms with Crippen LogP contribution in [-0.2, 0) is 28.5 Å². The van der Waals surface area contributed by atoms with Gasteiger partial charge in [0.05, 0.1) is 46.2 Å². The Morgan fingerprint density at radius 3 is 1.16 bits per heavy atom. The Hall–Kier alpha value is -0.690. The minimum atomic E-state index is -0.110. The number of rotatable bonds is 32. The highest BCUT2D eigenvalue weighted by atomic mass is 16.6. The van der Waals surface area contributed by atoms with Crippen LogP contribution in [0.25, 0.3) is 0 Å². The molecular formula is C31H62O6. The third kappa shape index (κ3) is 33.3. The quantitative estimate of drug-likeness (QED) is 0.0647. The molecule has 0 rings (SSSR count). The Morgan fingerprint density at radius 2 is 0.703 bits per heavy atom. The number of ether oxygens (including phenoxy) is 5. The number of hydrogen-bond acceptors (Lipinski definition) is 6. The van der Waals surface area contributed by atoms with Crippen LogP contribution in [0.2, 0.25) is 0 Å². The van der Waals surface area contributed by atoms with Gasteiger partial charge in [-0.2, -0.15) is 0 Å². The third-order valence-electron chi connectivity index (χ3n) is 6.44. The first kappa shape index (κ1) is 36.3. The second kappa shape index (κ2) is 33.3. The van der Waals surface area contributed by atoms with Crippen molar-refractivity contribution in [3.05, 3.63) is 0 Å². The van der Waals surface area contributed by atoms with Crippen molar-refractivity contribution in [3.8, 4) is 0 Å². The lowest BCUT2D eigenvalue weighted by Crippen LogP contribution is -2.12. The van der Waals surface area contributed by atoms with Crippen LogP contribution in [0.3, 0.4) is 0 Å². The van der Waals surface area contributed by atoms with E-state index in [9.17, 15) is 4.79 Å². The van der Waals surface area contributed by atoms with Gasteiger partial charge in [0, 0.05) is 19.6 Å². The van der Waals surface area contributed by atoms with Gasteiger partial charge >= 0.3 is 5.97 Å². The summed E-state index contributed by atoms with van der Waals surface area (Å²) in [6.07, 6.45) is 23.3. The standard InChI is InChI=1S/C31H62O6/c1-3-5-7-8-9-10-11-12-13-14-15-16-17-19-24-37-31(32)21-20-23-34-26-28-36-30-29-35-27-25-33-22-18-6-4-2/h3-30H2,1-2H3. The van der Waals surface area contributed by atoms with Gasteiger partial charge in [-0.25, -0.2) is 0 Å². The van der Waals surface area contributed by atoms with Crippen LogP contribution in [0.15, 0.2) is 0 Å². The van der Waals surface area contributed by atoms with Crippen LogP contribution in [-0.4, -0.2) is 65.4 Å². The first-order valence-corrected chi connectivity index (χ1v) is 15.8. The van der Waals surface area contributed by atoms with Crippen molar-refractivity contribution >= 4 is 5.97 Å². The van der Waals surface area contributed by atoms with Crippen LogP contribution in [0, 0.1) is 0 Å². The minimum absolute atomic E-state index is 0.110. The molecule has 0 heterocycles. The summed E-state index contributed by atoms with van der Waals surface area (Å²) >= 11 is 0. The Kier molecular flexibility index (Phi) is 32.7. The Balaban J connectivity index is 3.14. The van der Waals surface area contributed by atoms with E-state index >= 15 is 0 Å². The summed E-state index contributed by atoms with van der Waals surface area (Å²) in [4.78, 5) is 11.8. The van der Waals surface area contributed by atoms with Crippen molar-refractivity contribution in [1.82, 2.24) is 0 Å². The van der Waals surface area contributed by atoms with E-state index in [1.807, 2.05) is 0 Å². The number of hydrogen-bond donors (Lipinski definition) is 0. The van der Waals surface area contributed by atoms with Gasteiger partial charge in [-0.15, -0.1) is 0 Å². The van der Waals surface area contributed by atoms with E-state index in [4.69, 9.17) is 23.7 Å². The Bertz CT molecular complexity index is 432. The van der Waals surface area contributed by atoms with Crippen LogP contribution >= 0.6 is 0 Å². The second-order valence-electron chi connectivity index (χ2n) is 10.1. The molecule has 0 aromatic carbocycles. The molecule has 6 nitrogen and oxygen atoms in total. The summed E-state index contributed by atoms with van der Waals surface area (Å²) in [6, 6.07) is 0. The summed E-state index contributed by atoms with van der Waals surface area (Å²) in [5, 5.41) is 0. The van der Waals surface area contributed by atoms with Gasteiger partial charge < -0.3 is 23.7 Å². The van der Waals surface area contributed by atoms with Crippen molar-refractivity contribution in [2.24, 2.45) is 0 Å². The average Bonchev–Trinajstić information content (AvgIpc) is 2.90. The maximum Gasteiger partial charge on any atom is 0.305 e. The van der Waals surface area contributed by atoms with Crippen molar-refractivity contribution in [2.75, 3.05) is 59.5 Å². The second-order valence-corrected chi connectivity index (χ2v) is 10.1. The molecular weight excluding hydrogens is 468 g/mol. The molecule has 0 aliphatic carbocycles. The predicted octanol–water partition coefficient (Wildman–Crippen LogP) is 8.05. The van der Waals surface area contributed by atoms with Gasteiger partial charge in [0.1, 0.15) is 0 Å². The van der Waals surface area contributed by atoms with Crippen molar-refractivity contribution in [3.63, 3.8) is 0 Å². The molecule has 37 heavy (non-hydrogen) atoms. The zero-order valence-electron chi connectivity index (χ0n) is 24.7. The first-order valence-electron chi connectivity index (χ1n) is 15.8. The molecule has 0 bridgehead atoms. The molecule has 222 valence electrons. The normalized spacial score (nSPS) is 11.3. The smallest absolute Gasteiger partial charge is 0.305 e. The summed E-state index contributed by atoms with van der Waals surface area (Å²) in [5.74, 6) is -0.110. The molecule has 0 aromatic heterocycles. The van der Waals surface area contributed by atoms with Gasteiger partial charge in [-0.05, 0) is 19.3 Å². The molecule has 0 fully saturated rings. The van der Waals surface area contributed by atoms with Crippen molar-refractivity contribution in [1.29, 1.82) is 0 Å². The topological polar surface area (TPSA) is 63.2 Å². The van der Waals surface area contributed by atoms with E-state index in [0.29, 0.717) is 65.7 Å². The van der Waals surface area contributed by atoms with Crippen LogP contribution < -0.4 is 0 Å². The van der Waals surface area contributed by atoms with Gasteiger partial charge in [-0.1, -0.05) is 110 Å². The maximum absolute atomic E-state index is 11.8. The number of carbonyl (C=O) groups is 1. The van der Waals surface area contributed by atoms with E-state index in [1.165, 1.54) is 89.9 Å². The highest BCUT2D eigenvalue weighted by Gasteiger charge is 2.03. The zero-order chi connectivity index (χ0) is 26.9. The molecule has 0 unspecified atom stereocenters. The predicted molar refractivity (Wildman–Crippen MR) is 153 cm³/mol. The number of carbonyl (C=O) groups excluding carboxylic acids is 1. The molecule has 0 amide bonds. The molecule has 0 aliphatic heterocycles. The molecule has 0 aromatic rings. The molecule has 0 radical (unpaired) electrons. The molecule has 0 spiro atoms. The average molecular weight is 531 g/mol. The highest BCUT2D eigenvalue weighted by Crippen LogP contribution is 2.13.